The predicted molar refractivity (Wildman–Crippen MR) is 90.1 cm³/mol. The fraction of sp³-hybridized carbons (Fsp3) is 0.500. The van der Waals surface area contributed by atoms with Crippen molar-refractivity contribution in [2.24, 2.45) is 0 Å². The summed E-state index contributed by atoms with van der Waals surface area (Å²) >= 11 is 0. The van der Waals surface area contributed by atoms with E-state index in [4.69, 9.17) is 0 Å². The van der Waals surface area contributed by atoms with Gasteiger partial charge in [0, 0.05) is 13.1 Å². The number of fused-ring (bicyclic) bond motifs is 1. The quantitative estimate of drug-likeness (QED) is 0.776. The summed E-state index contributed by atoms with van der Waals surface area (Å²) in [6.07, 6.45) is 0. The molecule has 0 atom stereocenters. The Bertz CT molecular complexity index is 618. The zero-order chi connectivity index (χ0) is 15.9. The van der Waals surface area contributed by atoms with Crippen molar-refractivity contribution in [2.45, 2.75) is 20.4 Å². The van der Waals surface area contributed by atoms with E-state index < -0.39 is 0 Å². The van der Waals surface area contributed by atoms with E-state index >= 15 is 0 Å². The van der Waals surface area contributed by atoms with Gasteiger partial charge in [0.2, 0.25) is 11.9 Å². The number of nitrogens with one attached hydrogen (secondary N) is 2. The lowest BCUT2D eigenvalue weighted by Crippen LogP contribution is -2.29. The van der Waals surface area contributed by atoms with Crippen molar-refractivity contribution in [3.8, 4) is 0 Å². The maximum absolute atomic E-state index is 11.9. The highest BCUT2D eigenvalue weighted by Crippen LogP contribution is 2.19. The fourth-order valence-corrected chi connectivity index (χ4v) is 2.51. The number of hydrogen-bond donors (Lipinski definition) is 2. The highest BCUT2D eigenvalue weighted by molar-refractivity contribution is 5.92. The first-order valence-corrected chi connectivity index (χ1v) is 7.81. The number of para-hydroxylation sites is 2. The van der Waals surface area contributed by atoms with Crippen LogP contribution >= 0.6 is 0 Å². The molecule has 0 fully saturated rings. The molecule has 1 heterocycles. The normalized spacial score (nSPS) is 11.3. The van der Waals surface area contributed by atoms with Gasteiger partial charge < -0.3 is 14.8 Å². The van der Waals surface area contributed by atoms with Crippen LogP contribution in [0.2, 0.25) is 0 Å². The van der Waals surface area contributed by atoms with Crippen LogP contribution in [0.25, 0.3) is 11.0 Å². The molecule has 0 saturated heterocycles. The van der Waals surface area contributed by atoms with Gasteiger partial charge in [0.1, 0.15) is 0 Å². The molecule has 22 heavy (non-hydrogen) atoms. The molecule has 0 bridgehead atoms. The van der Waals surface area contributed by atoms with E-state index in [-0.39, 0.29) is 12.5 Å². The Balaban J connectivity index is 2.25. The largest absolute Gasteiger partial charge is 0.311 e. The minimum absolute atomic E-state index is 0.0816. The Morgan fingerprint density at radius 2 is 2.00 bits per heavy atom. The predicted octanol–water partition coefficient (Wildman–Crippen LogP) is 1.54. The van der Waals surface area contributed by atoms with Crippen molar-refractivity contribution in [1.82, 2.24) is 19.8 Å². The van der Waals surface area contributed by atoms with Gasteiger partial charge >= 0.3 is 0 Å². The van der Waals surface area contributed by atoms with Gasteiger partial charge in [0.15, 0.2) is 0 Å². The van der Waals surface area contributed by atoms with Crippen molar-refractivity contribution in [2.75, 3.05) is 38.5 Å². The molecular weight excluding hydrogens is 278 g/mol. The van der Waals surface area contributed by atoms with Gasteiger partial charge in [0.25, 0.3) is 0 Å². The third-order valence-corrected chi connectivity index (χ3v) is 3.78. The summed E-state index contributed by atoms with van der Waals surface area (Å²) in [5.74, 6) is 0.538. The molecule has 2 aromatic rings. The standard InChI is InChI=1S/C16H25N5O/c1-4-20(5-2)10-11-21-14-9-7-6-8-13(14)18-16(21)19-15(22)12-17-3/h6-9,17H,4-5,10-12H2,1-3H3,(H,18,19,22). The third-order valence-electron chi connectivity index (χ3n) is 3.78. The highest BCUT2D eigenvalue weighted by atomic mass is 16.2. The molecule has 1 aromatic heterocycles. The van der Waals surface area contributed by atoms with Crippen LogP contribution < -0.4 is 10.6 Å². The Morgan fingerprint density at radius 3 is 2.68 bits per heavy atom. The minimum atomic E-state index is -0.0816. The molecule has 6 heteroatoms. The van der Waals surface area contributed by atoms with Crippen molar-refractivity contribution in [1.29, 1.82) is 0 Å². The minimum Gasteiger partial charge on any atom is -0.311 e. The average Bonchev–Trinajstić information content (AvgIpc) is 2.86. The molecule has 120 valence electrons. The number of aromatic nitrogens is 2. The Kier molecular flexibility index (Phi) is 5.91. The number of carbonyl (C=O) groups is 1. The summed E-state index contributed by atoms with van der Waals surface area (Å²) in [7, 11) is 1.75. The van der Waals surface area contributed by atoms with E-state index in [2.05, 4.69) is 38.9 Å². The van der Waals surface area contributed by atoms with Gasteiger partial charge in [-0.15, -0.1) is 0 Å². The smallest absolute Gasteiger partial charge is 0.240 e. The van der Waals surface area contributed by atoms with Crippen LogP contribution in [0, 0.1) is 0 Å². The first-order valence-electron chi connectivity index (χ1n) is 7.81. The van der Waals surface area contributed by atoms with Crippen molar-refractivity contribution in [3.63, 3.8) is 0 Å². The maximum atomic E-state index is 11.9. The summed E-state index contributed by atoms with van der Waals surface area (Å²) < 4.78 is 2.08. The second-order valence-corrected chi connectivity index (χ2v) is 5.18. The average molecular weight is 303 g/mol. The zero-order valence-electron chi connectivity index (χ0n) is 13.6. The molecule has 0 aliphatic carbocycles. The Labute approximate surface area is 131 Å². The van der Waals surface area contributed by atoms with Crippen LogP contribution in [-0.2, 0) is 11.3 Å². The summed E-state index contributed by atoms with van der Waals surface area (Å²) in [5.41, 5.74) is 1.95. The Hall–Kier alpha value is -1.92. The van der Waals surface area contributed by atoms with Crippen LogP contribution in [0.15, 0.2) is 24.3 Å². The van der Waals surface area contributed by atoms with Crippen LogP contribution in [0.4, 0.5) is 5.95 Å². The number of benzene rings is 1. The molecule has 0 aliphatic heterocycles. The number of carbonyl (C=O) groups excluding carboxylic acids is 1. The maximum Gasteiger partial charge on any atom is 0.240 e. The van der Waals surface area contributed by atoms with Gasteiger partial charge in [-0.25, -0.2) is 4.98 Å². The number of nitrogens with zero attached hydrogens (tertiary/aromatic N) is 3. The SMILES string of the molecule is CCN(CC)CCn1c(NC(=O)CNC)nc2ccccc21. The van der Waals surface area contributed by atoms with E-state index in [1.165, 1.54) is 0 Å². The van der Waals surface area contributed by atoms with Crippen LogP contribution in [0.1, 0.15) is 13.8 Å². The lowest BCUT2D eigenvalue weighted by Gasteiger charge is -2.19. The van der Waals surface area contributed by atoms with Crippen molar-refractivity contribution >= 4 is 22.9 Å². The molecule has 0 aliphatic rings. The molecule has 2 rings (SSSR count). The van der Waals surface area contributed by atoms with Gasteiger partial charge in [-0.2, -0.15) is 0 Å². The fourth-order valence-electron chi connectivity index (χ4n) is 2.51. The lowest BCUT2D eigenvalue weighted by molar-refractivity contribution is -0.115. The van der Waals surface area contributed by atoms with Gasteiger partial charge in [-0.3, -0.25) is 10.1 Å². The number of hydrogen-bond acceptors (Lipinski definition) is 4. The molecule has 0 saturated carbocycles. The molecule has 0 radical (unpaired) electrons. The van der Waals surface area contributed by atoms with Gasteiger partial charge in [-0.1, -0.05) is 26.0 Å². The van der Waals surface area contributed by atoms with Gasteiger partial charge in [-0.05, 0) is 32.3 Å². The first kappa shape index (κ1) is 16.5. The van der Waals surface area contributed by atoms with E-state index in [0.717, 1.165) is 37.2 Å². The molecule has 2 N–H and O–H groups in total. The molecule has 1 amide bonds. The monoisotopic (exact) mass is 303 g/mol. The lowest BCUT2D eigenvalue weighted by atomic mass is 10.3. The van der Waals surface area contributed by atoms with Crippen LogP contribution in [0.3, 0.4) is 0 Å². The first-order chi connectivity index (χ1) is 10.7. The number of likely N-dealkylation sites (N-methyl/N-ethyl adjacent to an activating group) is 2. The molecule has 0 spiro atoms. The van der Waals surface area contributed by atoms with Crippen LogP contribution in [-0.4, -0.2) is 53.6 Å². The van der Waals surface area contributed by atoms with E-state index in [1.807, 2.05) is 24.3 Å². The zero-order valence-corrected chi connectivity index (χ0v) is 13.6. The molecule has 1 aromatic carbocycles. The summed E-state index contributed by atoms with van der Waals surface area (Å²) in [5, 5.41) is 5.74. The molecular formula is C16H25N5O. The third kappa shape index (κ3) is 3.84. The van der Waals surface area contributed by atoms with Crippen molar-refractivity contribution in [3.05, 3.63) is 24.3 Å². The van der Waals surface area contributed by atoms with Gasteiger partial charge in [0.05, 0.1) is 17.6 Å². The number of amides is 1. The van der Waals surface area contributed by atoms with Crippen molar-refractivity contribution < 1.29 is 4.79 Å². The Morgan fingerprint density at radius 1 is 1.27 bits per heavy atom. The van der Waals surface area contributed by atoms with E-state index in [0.29, 0.717) is 5.95 Å². The summed E-state index contributed by atoms with van der Waals surface area (Å²) in [4.78, 5) is 18.8. The molecule has 0 unspecified atom stereocenters. The van der Waals surface area contributed by atoms with E-state index in [9.17, 15) is 4.79 Å². The summed E-state index contributed by atoms with van der Waals surface area (Å²) in [6, 6.07) is 7.97. The number of rotatable bonds is 8. The van der Waals surface area contributed by atoms with Crippen LogP contribution in [0.5, 0.6) is 0 Å². The van der Waals surface area contributed by atoms with E-state index in [1.54, 1.807) is 7.05 Å². The second-order valence-electron chi connectivity index (χ2n) is 5.18. The molecule has 6 nitrogen and oxygen atoms in total. The summed E-state index contributed by atoms with van der Waals surface area (Å²) in [6.45, 7) is 8.37. The number of imidazole rings is 1. The highest BCUT2D eigenvalue weighted by Gasteiger charge is 2.13. The topological polar surface area (TPSA) is 62.2 Å². The number of anilines is 1. The second kappa shape index (κ2) is 7.91.